The number of carbonyl (C=O) groups is 1. The van der Waals surface area contributed by atoms with Crippen molar-refractivity contribution in [2.24, 2.45) is 0 Å². The number of likely N-dealkylation sites (tertiary alicyclic amines) is 1. The molecule has 1 fully saturated rings. The number of aromatic nitrogens is 5. The standard InChI is InChI=1S/C11H12N6O/c1-8-4-13-10(5-12-8)11(18)16-6-9(7-16)17-14-2-3-15-17/h2-5,9H,6-7H2,1H3. The van der Waals surface area contributed by atoms with Crippen LogP contribution in [-0.4, -0.2) is 48.9 Å². The summed E-state index contributed by atoms with van der Waals surface area (Å²) in [6.45, 7) is 3.07. The molecule has 92 valence electrons. The largest absolute Gasteiger partial charge is 0.333 e. The van der Waals surface area contributed by atoms with E-state index < -0.39 is 0 Å². The molecule has 0 atom stereocenters. The predicted octanol–water partition coefficient (Wildman–Crippen LogP) is 0.0736. The van der Waals surface area contributed by atoms with E-state index in [2.05, 4.69) is 20.2 Å². The molecule has 7 nitrogen and oxygen atoms in total. The van der Waals surface area contributed by atoms with E-state index in [0.717, 1.165) is 5.69 Å². The van der Waals surface area contributed by atoms with E-state index in [1.54, 1.807) is 28.3 Å². The minimum Gasteiger partial charge on any atom is -0.333 e. The fraction of sp³-hybridized carbons (Fsp3) is 0.364. The molecule has 1 saturated heterocycles. The summed E-state index contributed by atoms with van der Waals surface area (Å²) in [5.74, 6) is -0.0918. The summed E-state index contributed by atoms with van der Waals surface area (Å²) in [7, 11) is 0. The number of nitrogens with zero attached hydrogens (tertiary/aromatic N) is 6. The first-order valence-electron chi connectivity index (χ1n) is 5.68. The molecule has 0 unspecified atom stereocenters. The fourth-order valence-corrected chi connectivity index (χ4v) is 1.85. The Kier molecular flexibility index (Phi) is 2.51. The van der Waals surface area contributed by atoms with Crippen LogP contribution in [0.25, 0.3) is 0 Å². The first kappa shape index (κ1) is 10.8. The van der Waals surface area contributed by atoms with Crippen LogP contribution in [-0.2, 0) is 0 Å². The van der Waals surface area contributed by atoms with Crippen molar-refractivity contribution in [3.63, 3.8) is 0 Å². The summed E-state index contributed by atoms with van der Waals surface area (Å²) in [6.07, 6.45) is 6.38. The Hall–Kier alpha value is -2.31. The van der Waals surface area contributed by atoms with Crippen molar-refractivity contribution in [2.45, 2.75) is 13.0 Å². The number of hydrogen-bond acceptors (Lipinski definition) is 5. The lowest BCUT2D eigenvalue weighted by Gasteiger charge is -2.37. The van der Waals surface area contributed by atoms with E-state index >= 15 is 0 Å². The number of amides is 1. The van der Waals surface area contributed by atoms with Crippen molar-refractivity contribution in [3.05, 3.63) is 36.2 Å². The zero-order chi connectivity index (χ0) is 12.5. The first-order chi connectivity index (χ1) is 8.74. The Morgan fingerprint density at radius 3 is 2.56 bits per heavy atom. The molecule has 0 aromatic carbocycles. The monoisotopic (exact) mass is 244 g/mol. The molecule has 0 spiro atoms. The topological polar surface area (TPSA) is 76.8 Å². The molecule has 2 aromatic heterocycles. The second-order valence-electron chi connectivity index (χ2n) is 4.26. The molecular weight excluding hydrogens is 232 g/mol. The molecule has 0 N–H and O–H groups in total. The van der Waals surface area contributed by atoms with Crippen molar-refractivity contribution in [1.82, 2.24) is 29.9 Å². The molecule has 0 saturated carbocycles. The zero-order valence-corrected chi connectivity index (χ0v) is 9.89. The molecule has 3 heterocycles. The van der Waals surface area contributed by atoms with E-state index in [9.17, 15) is 4.79 Å². The summed E-state index contributed by atoms with van der Waals surface area (Å²) in [5, 5.41) is 8.11. The molecule has 1 aliphatic heterocycles. The highest BCUT2D eigenvalue weighted by molar-refractivity contribution is 5.92. The van der Waals surface area contributed by atoms with Crippen LogP contribution in [0.4, 0.5) is 0 Å². The van der Waals surface area contributed by atoms with Gasteiger partial charge in [-0.15, -0.1) is 0 Å². The van der Waals surface area contributed by atoms with Crippen LogP contribution in [0, 0.1) is 6.92 Å². The average molecular weight is 244 g/mol. The minimum absolute atomic E-state index is 0.0918. The van der Waals surface area contributed by atoms with Crippen LogP contribution in [0.15, 0.2) is 24.8 Å². The average Bonchev–Trinajstić information content (AvgIpc) is 2.81. The van der Waals surface area contributed by atoms with Crippen molar-refractivity contribution in [2.75, 3.05) is 13.1 Å². The van der Waals surface area contributed by atoms with Gasteiger partial charge in [0, 0.05) is 19.3 Å². The maximum atomic E-state index is 12.0. The van der Waals surface area contributed by atoms with Gasteiger partial charge in [0.15, 0.2) is 0 Å². The van der Waals surface area contributed by atoms with Gasteiger partial charge in [-0.1, -0.05) is 0 Å². The Morgan fingerprint density at radius 2 is 1.94 bits per heavy atom. The summed E-state index contributed by atoms with van der Waals surface area (Å²) >= 11 is 0. The van der Waals surface area contributed by atoms with Gasteiger partial charge in [-0.2, -0.15) is 15.0 Å². The minimum atomic E-state index is -0.0918. The van der Waals surface area contributed by atoms with Crippen molar-refractivity contribution in [1.29, 1.82) is 0 Å². The molecule has 0 aliphatic carbocycles. The van der Waals surface area contributed by atoms with E-state index in [0.29, 0.717) is 18.8 Å². The van der Waals surface area contributed by atoms with Gasteiger partial charge in [-0.25, -0.2) is 4.98 Å². The SMILES string of the molecule is Cc1cnc(C(=O)N2CC(n3nccn3)C2)cn1. The third-order valence-electron chi connectivity index (χ3n) is 2.91. The van der Waals surface area contributed by atoms with Gasteiger partial charge in [0.1, 0.15) is 11.7 Å². The van der Waals surface area contributed by atoms with Gasteiger partial charge in [0.2, 0.25) is 0 Å². The van der Waals surface area contributed by atoms with E-state index in [4.69, 9.17) is 0 Å². The van der Waals surface area contributed by atoms with Crippen LogP contribution in [0.3, 0.4) is 0 Å². The Morgan fingerprint density at radius 1 is 1.22 bits per heavy atom. The van der Waals surface area contributed by atoms with Crippen LogP contribution in [0.2, 0.25) is 0 Å². The summed E-state index contributed by atoms with van der Waals surface area (Å²) in [4.78, 5) is 23.5. The van der Waals surface area contributed by atoms with Crippen LogP contribution in [0.1, 0.15) is 22.2 Å². The quantitative estimate of drug-likeness (QED) is 0.747. The Labute approximate surface area is 103 Å². The maximum absolute atomic E-state index is 12.0. The highest BCUT2D eigenvalue weighted by atomic mass is 16.2. The number of carbonyl (C=O) groups excluding carboxylic acids is 1. The van der Waals surface area contributed by atoms with E-state index in [1.807, 2.05) is 6.92 Å². The second kappa shape index (κ2) is 4.17. The van der Waals surface area contributed by atoms with Crippen molar-refractivity contribution < 1.29 is 4.79 Å². The highest BCUT2D eigenvalue weighted by Crippen LogP contribution is 2.20. The molecule has 0 bridgehead atoms. The van der Waals surface area contributed by atoms with Crippen LogP contribution < -0.4 is 0 Å². The molecule has 2 aromatic rings. The molecule has 0 radical (unpaired) electrons. The van der Waals surface area contributed by atoms with Gasteiger partial charge in [0.25, 0.3) is 5.91 Å². The number of hydrogen-bond donors (Lipinski definition) is 0. The molecule has 18 heavy (non-hydrogen) atoms. The highest BCUT2D eigenvalue weighted by Gasteiger charge is 2.34. The first-order valence-corrected chi connectivity index (χ1v) is 5.68. The third-order valence-corrected chi connectivity index (χ3v) is 2.91. The summed E-state index contributed by atoms with van der Waals surface area (Å²) < 4.78 is 0. The summed E-state index contributed by atoms with van der Waals surface area (Å²) in [5.41, 5.74) is 1.18. The van der Waals surface area contributed by atoms with Gasteiger partial charge < -0.3 is 4.90 Å². The summed E-state index contributed by atoms with van der Waals surface area (Å²) in [6, 6.07) is 0.169. The normalized spacial score (nSPS) is 15.5. The van der Waals surface area contributed by atoms with Crippen molar-refractivity contribution >= 4 is 5.91 Å². The number of aryl methyl sites for hydroxylation is 1. The van der Waals surface area contributed by atoms with E-state index in [-0.39, 0.29) is 11.9 Å². The Balaban J connectivity index is 1.65. The fourth-order valence-electron chi connectivity index (χ4n) is 1.85. The second-order valence-corrected chi connectivity index (χ2v) is 4.26. The maximum Gasteiger partial charge on any atom is 0.274 e. The van der Waals surface area contributed by atoms with E-state index in [1.165, 1.54) is 6.20 Å². The third kappa shape index (κ3) is 1.83. The molecule has 7 heteroatoms. The zero-order valence-electron chi connectivity index (χ0n) is 9.89. The lowest BCUT2D eigenvalue weighted by atomic mass is 10.1. The van der Waals surface area contributed by atoms with Gasteiger partial charge in [-0.05, 0) is 6.92 Å². The van der Waals surface area contributed by atoms with Gasteiger partial charge >= 0.3 is 0 Å². The van der Waals surface area contributed by atoms with Crippen molar-refractivity contribution in [3.8, 4) is 0 Å². The predicted molar refractivity (Wildman–Crippen MR) is 61.7 cm³/mol. The lowest BCUT2D eigenvalue weighted by Crippen LogP contribution is -2.51. The molecule has 1 aliphatic rings. The van der Waals surface area contributed by atoms with Gasteiger partial charge in [-0.3, -0.25) is 9.78 Å². The van der Waals surface area contributed by atoms with Crippen LogP contribution >= 0.6 is 0 Å². The van der Waals surface area contributed by atoms with Gasteiger partial charge in [0.05, 0.1) is 24.3 Å². The molecule has 3 rings (SSSR count). The number of rotatable bonds is 2. The molecule has 1 amide bonds. The lowest BCUT2D eigenvalue weighted by molar-refractivity contribution is 0.0470. The Bertz CT molecular complexity index is 543. The molecular formula is C11H12N6O. The van der Waals surface area contributed by atoms with Crippen LogP contribution in [0.5, 0.6) is 0 Å². The smallest absolute Gasteiger partial charge is 0.274 e.